The molecular formula is C17H18ClFN2O2. The van der Waals surface area contributed by atoms with Gasteiger partial charge < -0.3 is 10.5 Å². The van der Waals surface area contributed by atoms with Crippen LogP contribution >= 0.6 is 11.6 Å². The summed E-state index contributed by atoms with van der Waals surface area (Å²) in [5.74, 6) is -0.200. The van der Waals surface area contributed by atoms with E-state index >= 15 is 0 Å². The number of halogens is 2. The first-order valence-corrected chi connectivity index (χ1v) is 7.48. The minimum Gasteiger partial charge on any atom is -0.492 e. The Morgan fingerprint density at radius 3 is 2.61 bits per heavy atom. The van der Waals surface area contributed by atoms with Crippen molar-refractivity contribution in [3.63, 3.8) is 0 Å². The summed E-state index contributed by atoms with van der Waals surface area (Å²) in [6.07, 6.45) is 0. The van der Waals surface area contributed by atoms with Crippen LogP contribution in [0.5, 0.6) is 5.75 Å². The van der Waals surface area contributed by atoms with Gasteiger partial charge in [-0.05, 0) is 42.9 Å². The van der Waals surface area contributed by atoms with E-state index in [0.717, 1.165) is 0 Å². The lowest BCUT2D eigenvalue weighted by molar-refractivity contribution is -0.123. The average molecular weight is 337 g/mol. The summed E-state index contributed by atoms with van der Waals surface area (Å²) in [5.41, 5.74) is 6.12. The lowest BCUT2D eigenvalue weighted by Crippen LogP contribution is -2.37. The van der Waals surface area contributed by atoms with E-state index in [2.05, 4.69) is 0 Å². The number of benzene rings is 2. The van der Waals surface area contributed by atoms with E-state index in [0.29, 0.717) is 29.5 Å². The Hall–Kier alpha value is -2.11. The molecule has 2 aromatic rings. The second-order valence-electron chi connectivity index (χ2n) is 5.14. The molecule has 122 valence electrons. The topological polar surface area (TPSA) is 55.6 Å². The van der Waals surface area contributed by atoms with Crippen molar-refractivity contribution >= 4 is 17.5 Å². The minimum absolute atomic E-state index is 0.357. The number of carbonyl (C=O) groups is 1. The normalized spacial score (nSPS) is 12.2. The molecule has 0 spiro atoms. The molecule has 0 bridgehead atoms. The van der Waals surface area contributed by atoms with Crippen molar-refractivity contribution in [1.82, 2.24) is 4.90 Å². The van der Waals surface area contributed by atoms with E-state index in [1.54, 1.807) is 48.3 Å². The molecule has 1 atom stereocenters. The van der Waals surface area contributed by atoms with Crippen LogP contribution in [0.2, 0.25) is 5.02 Å². The first-order chi connectivity index (χ1) is 11.0. The molecule has 0 aliphatic rings. The Morgan fingerprint density at radius 2 is 2.00 bits per heavy atom. The predicted molar refractivity (Wildman–Crippen MR) is 87.9 cm³/mol. The molecule has 4 nitrogen and oxygen atoms in total. The molecule has 1 amide bonds. The van der Waals surface area contributed by atoms with Gasteiger partial charge in [0.15, 0.2) is 0 Å². The molecule has 0 aliphatic heterocycles. The molecule has 2 N–H and O–H groups in total. The minimum atomic E-state index is -0.640. The summed E-state index contributed by atoms with van der Waals surface area (Å²) in [6.45, 7) is 0.833. The highest BCUT2D eigenvalue weighted by atomic mass is 35.5. The summed E-state index contributed by atoms with van der Waals surface area (Å²) < 4.78 is 18.6. The van der Waals surface area contributed by atoms with Gasteiger partial charge in [-0.1, -0.05) is 29.8 Å². The van der Waals surface area contributed by atoms with Crippen LogP contribution in [0.3, 0.4) is 0 Å². The maximum Gasteiger partial charge on any atom is 0.239 e. The molecule has 0 fully saturated rings. The number of hydrogen-bond acceptors (Lipinski definition) is 3. The highest BCUT2D eigenvalue weighted by molar-refractivity contribution is 6.30. The van der Waals surface area contributed by atoms with Crippen LogP contribution in [-0.2, 0) is 4.79 Å². The molecule has 0 heterocycles. The fraction of sp³-hybridized carbons (Fsp3) is 0.235. The van der Waals surface area contributed by atoms with Gasteiger partial charge in [0.1, 0.15) is 24.2 Å². The number of primary amides is 1. The Bertz CT molecular complexity index is 664. The second kappa shape index (κ2) is 7.94. The maximum atomic E-state index is 13.0. The quantitative estimate of drug-likeness (QED) is 0.845. The SMILES string of the molecule is CN(CCOc1cccc(Cl)c1)[C@@H](C(N)=O)c1ccc(F)cc1. The monoisotopic (exact) mass is 336 g/mol. The van der Waals surface area contributed by atoms with Crippen LogP contribution in [0.25, 0.3) is 0 Å². The van der Waals surface area contributed by atoms with E-state index in [9.17, 15) is 9.18 Å². The zero-order chi connectivity index (χ0) is 16.8. The Balaban J connectivity index is 1.97. The standard InChI is InChI=1S/C17H18ClFN2O2/c1-21(9-10-23-15-4-2-3-13(18)11-15)16(17(20)22)12-5-7-14(19)8-6-12/h2-8,11,16H,9-10H2,1H3,(H2,20,22)/t16-/m1/s1. The second-order valence-corrected chi connectivity index (χ2v) is 5.58. The summed E-state index contributed by atoms with van der Waals surface area (Å²) in [4.78, 5) is 13.5. The molecule has 0 saturated carbocycles. The van der Waals surface area contributed by atoms with E-state index < -0.39 is 11.9 Å². The number of rotatable bonds is 7. The van der Waals surface area contributed by atoms with Gasteiger partial charge >= 0.3 is 0 Å². The van der Waals surface area contributed by atoms with Crippen molar-refractivity contribution in [2.75, 3.05) is 20.2 Å². The van der Waals surface area contributed by atoms with Crippen LogP contribution in [0.1, 0.15) is 11.6 Å². The first kappa shape index (κ1) is 17.2. The number of ether oxygens (including phenoxy) is 1. The zero-order valence-corrected chi connectivity index (χ0v) is 13.5. The van der Waals surface area contributed by atoms with Gasteiger partial charge in [0.25, 0.3) is 0 Å². The van der Waals surface area contributed by atoms with E-state index in [1.807, 2.05) is 0 Å². The van der Waals surface area contributed by atoms with Crippen LogP contribution in [-0.4, -0.2) is 31.0 Å². The van der Waals surface area contributed by atoms with Crippen LogP contribution < -0.4 is 10.5 Å². The van der Waals surface area contributed by atoms with Gasteiger partial charge in [-0.15, -0.1) is 0 Å². The molecule has 2 rings (SSSR count). The maximum absolute atomic E-state index is 13.0. The lowest BCUT2D eigenvalue weighted by Gasteiger charge is -2.25. The summed E-state index contributed by atoms with van der Waals surface area (Å²) in [6, 6.07) is 12.2. The van der Waals surface area contributed by atoms with Gasteiger partial charge in [-0.3, -0.25) is 9.69 Å². The van der Waals surface area contributed by atoms with Gasteiger partial charge in [0, 0.05) is 11.6 Å². The molecule has 0 unspecified atom stereocenters. The molecule has 0 radical (unpaired) electrons. The van der Waals surface area contributed by atoms with E-state index in [4.69, 9.17) is 22.1 Å². The largest absolute Gasteiger partial charge is 0.492 e. The van der Waals surface area contributed by atoms with Crippen LogP contribution in [0.15, 0.2) is 48.5 Å². The fourth-order valence-corrected chi connectivity index (χ4v) is 2.45. The lowest BCUT2D eigenvalue weighted by atomic mass is 10.1. The molecule has 0 saturated heterocycles. The number of likely N-dealkylation sites (N-methyl/N-ethyl adjacent to an activating group) is 1. The van der Waals surface area contributed by atoms with Gasteiger partial charge in [0.05, 0.1) is 0 Å². The molecule has 0 aromatic heterocycles. The van der Waals surface area contributed by atoms with E-state index in [-0.39, 0.29) is 5.82 Å². The number of nitrogens with zero attached hydrogens (tertiary/aromatic N) is 1. The number of hydrogen-bond donors (Lipinski definition) is 1. The van der Waals surface area contributed by atoms with Gasteiger partial charge in [-0.25, -0.2) is 4.39 Å². The molecule has 2 aromatic carbocycles. The predicted octanol–water partition coefficient (Wildman–Crippen LogP) is 3.02. The molecule has 6 heteroatoms. The van der Waals surface area contributed by atoms with Crippen LogP contribution in [0.4, 0.5) is 4.39 Å². The van der Waals surface area contributed by atoms with Crippen molar-refractivity contribution in [3.05, 3.63) is 64.9 Å². The Morgan fingerprint density at radius 1 is 1.30 bits per heavy atom. The third-order valence-corrected chi connectivity index (χ3v) is 3.64. The molecular weight excluding hydrogens is 319 g/mol. The first-order valence-electron chi connectivity index (χ1n) is 7.11. The number of nitrogens with two attached hydrogens (primary N) is 1. The summed E-state index contributed by atoms with van der Waals surface area (Å²) in [7, 11) is 1.76. The molecule has 0 aliphatic carbocycles. The van der Waals surface area contributed by atoms with Gasteiger partial charge in [0.2, 0.25) is 5.91 Å². The van der Waals surface area contributed by atoms with Crippen molar-refractivity contribution in [2.24, 2.45) is 5.73 Å². The van der Waals surface area contributed by atoms with Crippen molar-refractivity contribution in [1.29, 1.82) is 0 Å². The highest BCUT2D eigenvalue weighted by Crippen LogP contribution is 2.20. The van der Waals surface area contributed by atoms with Crippen molar-refractivity contribution < 1.29 is 13.9 Å². The van der Waals surface area contributed by atoms with Crippen LogP contribution in [0, 0.1) is 5.82 Å². The van der Waals surface area contributed by atoms with Gasteiger partial charge in [-0.2, -0.15) is 0 Å². The smallest absolute Gasteiger partial charge is 0.239 e. The Kier molecular flexibility index (Phi) is 5.96. The third-order valence-electron chi connectivity index (χ3n) is 3.40. The van der Waals surface area contributed by atoms with Crippen molar-refractivity contribution in [2.45, 2.75) is 6.04 Å². The fourth-order valence-electron chi connectivity index (χ4n) is 2.27. The molecule has 23 heavy (non-hydrogen) atoms. The third kappa shape index (κ3) is 4.94. The zero-order valence-electron chi connectivity index (χ0n) is 12.7. The summed E-state index contributed by atoms with van der Waals surface area (Å²) in [5, 5.41) is 0.595. The number of carbonyl (C=O) groups excluding carboxylic acids is 1. The number of amides is 1. The Labute approximate surface area is 139 Å². The van der Waals surface area contributed by atoms with E-state index in [1.165, 1.54) is 12.1 Å². The van der Waals surface area contributed by atoms with Crippen molar-refractivity contribution in [3.8, 4) is 5.75 Å². The highest BCUT2D eigenvalue weighted by Gasteiger charge is 2.22. The summed E-state index contributed by atoms with van der Waals surface area (Å²) >= 11 is 5.89. The average Bonchev–Trinajstić information content (AvgIpc) is 2.49.